The molecule has 4 heterocycles. The largest absolute Gasteiger partial charge is 0.454 e. The minimum atomic E-state index is 0.280. The van der Waals surface area contributed by atoms with Crippen LogP contribution < -0.4 is 14.8 Å². The second-order valence-corrected chi connectivity index (χ2v) is 6.31. The molecule has 1 aromatic carbocycles. The summed E-state index contributed by atoms with van der Waals surface area (Å²) >= 11 is 0. The quantitative estimate of drug-likeness (QED) is 0.749. The summed E-state index contributed by atoms with van der Waals surface area (Å²) in [6.45, 7) is 1.88. The summed E-state index contributed by atoms with van der Waals surface area (Å²) < 4.78 is 12.8. The molecular weight excluding hydrogens is 320 g/mol. The predicted molar refractivity (Wildman–Crippen MR) is 89.1 cm³/mol. The van der Waals surface area contributed by atoms with Gasteiger partial charge in [-0.15, -0.1) is 0 Å². The molecule has 2 aliphatic heterocycles. The van der Waals surface area contributed by atoms with Crippen LogP contribution in [-0.4, -0.2) is 37.8 Å². The number of aromatic nitrogens is 5. The van der Waals surface area contributed by atoms with Crippen molar-refractivity contribution >= 4 is 0 Å². The van der Waals surface area contributed by atoms with Gasteiger partial charge in [0, 0.05) is 30.1 Å². The van der Waals surface area contributed by atoms with Crippen molar-refractivity contribution in [3.05, 3.63) is 42.1 Å². The summed E-state index contributed by atoms with van der Waals surface area (Å²) in [6.07, 6.45) is 5.52. The summed E-state index contributed by atoms with van der Waals surface area (Å²) in [6, 6.07) is 6.33. The van der Waals surface area contributed by atoms with Crippen LogP contribution >= 0.6 is 0 Å². The maximum atomic E-state index is 5.47. The molecule has 2 aliphatic rings. The minimum absolute atomic E-state index is 0.280. The SMILES string of the molecule is c1nc2n(n1)C[C@H](NCc1cn[nH]c1-c1ccc3c(c1)OCO3)CC2. The zero-order valence-corrected chi connectivity index (χ0v) is 13.6. The number of aryl methyl sites for hydroxylation is 1. The van der Waals surface area contributed by atoms with Crippen molar-refractivity contribution in [2.75, 3.05) is 6.79 Å². The highest BCUT2D eigenvalue weighted by molar-refractivity contribution is 5.66. The average Bonchev–Trinajstić information content (AvgIpc) is 3.37. The van der Waals surface area contributed by atoms with Gasteiger partial charge >= 0.3 is 0 Å². The molecule has 128 valence electrons. The van der Waals surface area contributed by atoms with Gasteiger partial charge in [-0.1, -0.05) is 0 Å². The van der Waals surface area contributed by atoms with Crippen LogP contribution in [0.3, 0.4) is 0 Å². The zero-order chi connectivity index (χ0) is 16.6. The van der Waals surface area contributed by atoms with Crippen molar-refractivity contribution in [2.24, 2.45) is 0 Å². The number of benzene rings is 1. The number of fused-ring (bicyclic) bond motifs is 2. The number of ether oxygens (including phenoxy) is 2. The third-order valence-corrected chi connectivity index (χ3v) is 4.77. The average molecular weight is 338 g/mol. The van der Waals surface area contributed by atoms with Crippen LogP contribution in [0.2, 0.25) is 0 Å². The number of hydrogen-bond donors (Lipinski definition) is 2. The van der Waals surface area contributed by atoms with E-state index in [9.17, 15) is 0 Å². The van der Waals surface area contributed by atoms with Gasteiger partial charge in [0.1, 0.15) is 12.2 Å². The molecule has 1 atom stereocenters. The molecule has 0 spiro atoms. The molecule has 0 saturated heterocycles. The highest BCUT2D eigenvalue weighted by Crippen LogP contribution is 2.36. The maximum Gasteiger partial charge on any atom is 0.231 e. The van der Waals surface area contributed by atoms with Crippen molar-refractivity contribution < 1.29 is 9.47 Å². The van der Waals surface area contributed by atoms with Gasteiger partial charge in [0.15, 0.2) is 11.5 Å². The Morgan fingerprint density at radius 1 is 1.28 bits per heavy atom. The molecule has 2 aromatic heterocycles. The van der Waals surface area contributed by atoms with Crippen LogP contribution in [0.4, 0.5) is 0 Å². The monoisotopic (exact) mass is 338 g/mol. The highest BCUT2D eigenvalue weighted by atomic mass is 16.7. The van der Waals surface area contributed by atoms with Crippen molar-refractivity contribution in [2.45, 2.75) is 32.0 Å². The van der Waals surface area contributed by atoms with E-state index in [-0.39, 0.29) is 6.79 Å². The lowest BCUT2D eigenvalue weighted by Gasteiger charge is -2.23. The summed E-state index contributed by atoms with van der Waals surface area (Å²) in [7, 11) is 0. The topological polar surface area (TPSA) is 89.9 Å². The molecule has 0 amide bonds. The first-order valence-electron chi connectivity index (χ1n) is 8.39. The van der Waals surface area contributed by atoms with E-state index < -0.39 is 0 Å². The van der Waals surface area contributed by atoms with Gasteiger partial charge in [0.05, 0.1) is 18.4 Å². The number of rotatable bonds is 4. The highest BCUT2D eigenvalue weighted by Gasteiger charge is 2.20. The van der Waals surface area contributed by atoms with Gasteiger partial charge in [-0.2, -0.15) is 10.2 Å². The first kappa shape index (κ1) is 14.5. The lowest BCUT2D eigenvalue weighted by atomic mass is 10.1. The predicted octanol–water partition coefficient (Wildman–Crippen LogP) is 1.50. The zero-order valence-electron chi connectivity index (χ0n) is 13.6. The third kappa shape index (κ3) is 2.64. The van der Waals surface area contributed by atoms with E-state index in [1.54, 1.807) is 6.33 Å². The number of nitrogens with one attached hydrogen (secondary N) is 2. The third-order valence-electron chi connectivity index (χ3n) is 4.77. The molecule has 0 fully saturated rings. The second kappa shape index (κ2) is 5.89. The molecule has 8 heteroatoms. The Balaban J connectivity index is 1.31. The van der Waals surface area contributed by atoms with Crippen molar-refractivity contribution in [1.29, 1.82) is 0 Å². The number of hydrogen-bond acceptors (Lipinski definition) is 6. The van der Waals surface area contributed by atoms with E-state index in [4.69, 9.17) is 9.47 Å². The molecule has 5 rings (SSSR count). The van der Waals surface area contributed by atoms with Crippen LogP contribution in [0.15, 0.2) is 30.7 Å². The fourth-order valence-corrected chi connectivity index (χ4v) is 3.41. The Morgan fingerprint density at radius 2 is 2.24 bits per heavy atom. The molecule has 0 unspecified atom stereocenters. The smallest absolute Gasteiger partial charge is 0.231 e. The van der Waals surface area contributed by atoms with Gasteiger partial charge in [0.2, 0.25) is 6.79 Å². The van der Waals surface area contributed by atoms with E-state index in [0.717, 1.165) is 60.1 Å². The Bertz CT molecular complexity index is 902. The molecular formula is C17H18N6O2. The van der Waals surface area contributed by atoms with Gasteiger partial charge in [0.25, 0.3) is 0 Å². The Hall–Kier alpha value is -2.87. The number of H-pyrrole nitrogens is 1. The van der Waals surface area contributed by atoms with E-state index in [2.05, 4.69) is 25.6 Å². The molecule has 0 saturated carbocycles. The Morgan fingerprint density at radius 3 is 3.24 bits per heavy atom. The van der Waals surface area contributed by atoms with Crippen molar-refractivity contribution in [1.82, 2.24) is 30.3 Å². The normalized spacial score (nSPS) is 18.3. The Labute approximate surface area is 144 Å². The first-order valence-corrected chi connectivity index (χ1v) is 8.39. The fraction of sp³-hybridized carbons (Fsp3) is 0.353. The molecule has 0 radical (unpaired) electrons. The van der Waals surface area contributed by atoms with Crippen LogP contribution in [0.25, 0.3) is 11.3 Å². The minimum Gasteiger partial charge on any atom is -0.454 e. The van der Waals surface area contributed by atoms with Crippen LogP contribution in [-0.2, 0) is 19.5 Å². The van der Waals surface area contributed by atoms with E-state index in [1.807, 2.05) is 29.1 Å². The van der Waals surface area contributed by atoms with E-state index in [0.29, 0.717) is 6.04 Å². The molecule has 2 N–H and O–H groups in total. The van der Waals surface area contributed by atoms with Gasteiger partial charge in [-0.3, -0.25) is 5.10 Å². The van der Waals surface area contributed by atoms with Crippen LogP contribution in [0, 0.1) is 0 Å². The summed E-state index contributed by atoms with van der Waals surface area (Å²) in [5, 5.41) is 15.2. The maximum absolute atomic E-state index is 5.47. The van der Waals surface area contributed by atoms with Crippen molar-refractivity contribution in [3.63, 3.8) is 0 Å². The number of aromatic amines is 1. The Kier molecular flexibility index (Phi) is 3.41. The van der Waals surface area contributed by atoms with E-state index in [1.165, 1.54) is 0 Å². The standard InChI is InChI=1S/C17H18N6O2/c1-3-14-15(25-10-24-14)5-11(1)17-12(7-20-22-17)6-18-13-2-4-16-19-9-21-23(16)8-13/h1,3,5,7,9,13,18H,2,4,6,8,10H2,(H,20,22)/t13-/m1/s1. The van der Waals surface area contributed by atoms with Gasteiger partial charge in [-0.05, 0) is 24.6 Å². The van der Waals surface area contributed by atoms with Gasteiger partial charge < -0.3 is 14.8 Å². The summed E-state index contributed by atoms with van der Waals surface area (Å²) in [5.41, 5.74) is 3.17. The lowest BCUT2D eigenvalue weighted by Crippen LogP contribution is -2.37. The molecule has 3 aromatic rings. The summed E-state index contributed by atoms with van der Waals surface area (Å²) in [4.78, 5) is 4.27. The van der Waals surface area contributed by atoms with Crippen LogP contribution in [0.1, 0.15) is 17.8 Å². The van der Waals surface area contributed by atoms with Crippen LogP contribution in [0.5, 0.6) is 11.5 Å². The van der Waals surface area contributed by atoms with E-state index >= 15 is 0 Å². The number of nitrogens with zero attached hydrogens (tertiary/aromatic N) is 4. The molecule has 0 aliphatic carbocycles. The summed E-state index contributed by atoms with van der Waals surface area (Å²) in [5.74, 6) is 2.63. The molecule has 0 bridgehead atoms. The fourth-order valence-electron chi connectivity index (χ4n) is 3.41. The molecule has 8 nitrogen and oxygen atoms in total. The first-order chi connectivity index (χ1) is 12.4. The van der Waals surface area contributed by atoms with Crippen molar-refractivity contribution in [3.8, 4) is 22.8 Å². The second-order valence-electron chi connectivity index (χ2n) is 6.31. The molecule has 25 heavy (non-hydrogen) atoms. The van der Waals surface area contributed by atoms with Gasteiger partial charge in [-0.25, -0.2) is 9.67 Å². The lowest BCUT2D eigenvalue weighted by molar-refractivity contribution is 0.174.